The number of fused-ring (bicyclic) bond motifs is 1. The summed E-state index contributed by atoms with van der Waals surface area (Å²) in [5.74, 6) is 0. The van der Waals surface area contributed by atoms with Crippen LogP contribution in [0.3, 0.4) is 0 Å². The lowest BCUT2D eigenvalue weighted by Crippen LogP contribution is -2.26. The van der Waals surface area contributed by atoms with Gasteiger partial charge in [-0.3, -0.25) is 9.13 Å². The van der Waals surface area contributed by atoms with E-state index in [9.17, 15) is 13.2 Å². The summed E-state index contributed by atoms with van der Waals surface area (Å²) in [4.78, 5) is 12.1. The van der Waals surface area contributed by atoms with E-state index in [1.165, 1.54) is 21.3 Å². The Labute approximate surface area is 150 Å². The minimum absolute atomic E-state index is 0.136. The van der Waals surface area contributed by atoms with Gasteiger partial charge in [-0.1, -0.05) is 23.7 Å². The van der Waals surface area contributed by atoms with Gasteiger partial charge in [-0.2, -0.15) is 0 Å². The normalized spacial score (nSPS) is 12.0. The summed E-state index contributed by atoms with van der Waals surface area (Å²) in [7, 11) is -0.375. The van der Waals surface area contributed by atoms with Crippen molar-refractivity contribution in [3.63, 3.8) is 0 Å². The molecule has 0 aliphatic heterocycles. The van der Waals surface area contributed by atoms with Gasteiger partial charge >= 0.3 is 5.69 Å². The number of sulfonamides is 1. The van der Waals surface area contributed by atoms with Gasteiger partial charge in [-0.25, -0.2) is 17.9 Å². The Kier molecular flexibility index (Phi) is 4.73. The van der Waals surface area contributed by atoms with Gasteiger partial charge in [0.1, 0.15) is 0 Å². The molecule has 1 heterocycles. The van der Waals surface area contributed by atoms with Crippen molar-refractivity contribution in [3.05, 3.63) is 63.5 Å². The highest BCUT2D eigenvalue weighted by atomic mass is 35.5. The summed E-state index contributed by atoms with van der Waals surface area (Å²) < 4.78 is 30.5. The Balaban J connectivity index is 1.80. The fraction of sp³-hybridized carbons (Fsp3) is 0.235. The van der Waals surface area contributed by atoms with E-state index in [-0.39, 0.29) is 17.1 Å². The number of halogens is 1. The van der Waals surface area contributed by atoms with Gasteiger partial charge in [0.15, 0.2) is 0 Å². The van der Waals surface area contributed by atoms with Crippen molar-refractivity contribution in [1.82, 2.24) is 13.9 Å². The van der Waals surface area contributed by atoms with Crippen LogP contribution in [0.4, 0.5) is 0 Å². The molecule has 6 nitrogen and oxygen atoms in total. The third-order valence-corrected chi connectivity index (χ3v) is 5.88. The Hall–Kier alpha value is -2.09. The van der Waals surface area contributed by atoms with Gasteiger partial charge in [0.05, 0.1) is 15.9 Å². The van der Waals surface area contributed by atoms with E-state index in [1.54, 1.807) is 32.3 Å². The lowest BCUT2D eigenvalue weighted by molar-refractivity contribution is 0.581. The third-order valence-electron chi connectivity index (χ3n) is 4.17. The molecule has 8 heteroatoms. The van der Waals surface area contributed by atoms with E-state index < -0.39 is 10.0 Å². The molecule has 3 aromatic rings. The van der Waals surface area contributed by atoms with Crippen LogP contribution >= 0.6 is 11.6 Å². The first-order valence-electron chi connectivity index (χ1n) is 7.69. The predicted octanol–water partition coefficient (Wildman–Crippen LogP) is 2.05. The second kappa shape index (κ2) is 6.67. The Morgan fingerprint density at radius 2 is 1.64 bits per heavy atom. The van der Waals surface area contributed by atoms with Gasteiger partial charge in [0.25, 0.3) is 0 Å². The molecule has 1 aromatic heterocycles. The molecule has 0 unspecified atom stereocenters. The lowest BCUT2D eigenvalue weighted by Gasteiger charge is -2.08. The average Bonchev–Trinajstić information content (AvgIpc) is 2.81. The van der Waals surface area contributed by atoms with Crippen LogP contribution in [-0.4, -0.2) is 24.1 Å². The van der Waals surface area contributed by atoms with Crippen LogP contribution in [0.25, 0.3) is 11.0 Å². The standard InChI is InChI=1S/C17H18ClN3O3S/c1-20-15-8-7-14(11-16(15)21(2)17(20)22)25(23,24)19-10-9-12-3-5-13(18)6-4-12/h3-8,11,19H,9-10H2,1-2H3. The first-order valence-corrected chi connectivity index (χ1v) is 9.55. The predicted molar refractivity (Wildman–Crippen MR) is 98.5 cm³/mol. The maximum atomic E-state index is 12.5. The molecule has 0 saturated heterocycles. The number of rotatable bonds is 5. The van der Waals surface area contributed by atoms with Crippen molar-refractivity contribution in [2.24, 2.45) is 14.1 Å². The first-order chi connectivity index (χ1) is 11.8. The van der Waals surface area contributed by atoms with E-state index >= 15 is 0 Å². The molecule has 0 aliphatic carbocycles. The lowest BCUT2D eigenvalue weighted by atomic mass is 10.2. The van der Waals surface area contributed by atoms with Crippen LogP contribution in [0.15, 0.2) is 52.2 Å². The average molecular weight is 380 g/mol. The molecule has 1 N–H and O–H groups in total. The number of nitrogens with zero attached hydrogens (tertiary/aromatic N) is 2. The van der Waals surface area contributed by atoms with Crippen LogP contribution in [-0.2, 0) is 30.5 Å². The van der Waals surface area contributed by atoms with Crippen molar-refractivity contribution in [3.8, 4) is 0 Å². The van der Waals surface area contributed by atoms with Gasteiger partial charge < -0.3 is 0 Å². The fourth-order valence-electron chi connectivity index (χ4n) is 2.72. The number of hydrogen-bond donors (Lipinski definition) is 1. The van der Waals surface area contributed by atoms with E-state index in [0.29, 0.717) is 22.5 Å². The highest BCUT2D eigenvalue weighted by molar-refractivity contribution is 7.89. The van der Waals surface area contributed by atoms with Crippen molar-refractivity contribution in [1.29, 1.82) is 0 Å². The molecule has 0 radical (unpaired) electrons. The Morgan fingerprint density at radius 1 is 1.00 bits per heavy atom. The monoisotopic (exact) mass is 379 g/mol. The summed E-state index contributed by atoms with van der Waals surface area (Å²) in [5.41, 5.74) is 2.06. The summed E-state index contributed by atoms with van der Waals surface area (Å²) >= 11 is 5.83. The zero-order chi connectivity index (χ0) is 18.2. The van der Waals surface area contributed by atoms with E-state index in [0.717, 1.165) is 5.56 Å². The maximum absolute atomic E-state index is 12.5. The molecule has 0 amide bonds. The van der Waals surface area contributed by atoms with Gasteiger partial charge in [0, 0.05) is 25.7 Å². The second-order valence-corrected chi connectivity index (χ2v) is 8.03. The van der Waals surface area contributed by atoms with Gasteiger partial charge in [0.2, 0.25) is 10.0 Å². The van der Waals surface area contributed by atoms with Crippen LogP contribution in [0.5, 0.6) is 0 Å². The molecule has 2 aromatic carbocycles. The first kappa shape index (κ1) is 17.7. The molecule has 0 bridgehead atoms. The van der Waals surface area contributed by atoms with Crippen molar-refractivity contribution >= 4 is 32.7 Å². The van der Waals surface area contributed by atoms with E-state index in [4.69, 9.17) is 11.6 Å². The molecule has 25 heavy (non-hydrogen) atoms. The third kappa shape index (κ3) is 3.49. The van der Waals surface area contributed by atoms with Crippen molar-refractivity contribution in [2.45, 2.75) is 11.3 Å². The highest BCUT2D eigenvalue weighted by Gasteiger charge is 2.16. The van der Waals surface area contributed by atoms with Crippen LogP contribution < -0.4 is 10.4 Å². The number of benzene rings is 2. The zero-order valence-electron chi connectivity index (χ0n) is 13.9. The molecule has 0 saturated carbocycles. The molecule has 0 fully saturated rings. The smallest absolute Gasteiger partial charge is 0.295 e. The molecule has 0 aliphatic rings. The van der Waals surface area contributed by atoms with Crippen LogP contribution in [0.1, 0.15) is 5.56 Å². The second-order valence-electron chi connectivity index (χ2n) is 5.83. The van der Waals surface area contributed by atoms with Crippen LogP contribution in [0.2, 0.25) is 5.02 Å². The molecular weight excluding hydrogens is 362 g/mol. The molecular formula is C17H18ClN3O3S. The fourth-order valence-corrected chi connectivity index (χ4v) is 3.90. The zero-order valence-corrected chi connectivity index (χ0v) is 15.4. The number of nitrogens with one attached hydrogen (secondary N) is 1. The quantitative estimate of drug-likeness (QED) is 0.737. The van der Waals surface area contributed by atoms with E-state index in [1.807, 2.05) is 12.1 Å². The topological polar surface area (TPSA) is 73.1 Å². The number of aryl methyl sites for hydroxylation is 2. The number of hydrogen-bond acceptors (Lipinski definition) is 3. The molecule has 0 spiro atoms. The number of aromatic nitrogens is 2. The summed E-state index contributed by atoms with van der Waals surface area (Å²) in [6, 6.07) is 11.9. The minimum Gasteiger partial charge on any atom is -0.295 e. The largest absolute Gasteiger partial charge is 0.328 e. The molecule has 3 rings (SSSR count). The summed E-state index contributed by atoms with van der Waals surface area (Å²) in [6.07, 6.45) is 0.558. The number of imidazole rings is 1. The maximum Gasteiger partial charge on any atom is 0.328 e. The van der Waals surface area contributed by atoms with Gasteiger partial charge in [-0.05, 0) is 42.3 Å². The highest BCUT2D eigenvalue weighted by Crippen LogP contribution is 2.17. The summed E-state index contributed by atoms with van der Waals surface area (Å²) in [5, 5.41) is 0.645. The van der Waals surface area contributed by atoms with Crippen molar-refractivity contribution < 1.29 is 8.42 Å². The Bertz CT molecular complexity index is 1080. The SMILES string of the molecule is Cn1c(=O)n(C)c2cc(S(=O)(=O)NCCc3ccc(Cl)cc3)ccc21. The van der Waals surface area contributed by atoms with E-state index in [2.05, 4.69) is 4.72 Å². The Morgan fingerprint density at radius 3 is 2.32 bits per heavy atom. The minimum atomic E-state index is -3.65. The van der Waals surface area contributed by atoms with Crippen molar-refractivity contribution in [2.75, 3.05) is 6.54 Å². The van der Waals surface area contributed by atoms with Gasteiger partial charge in [-0.15, -0.1) is 0 Å². The summed E-state index contributed by atoms with van der Waals surface area (Å²) in [6.45, 7) is 0.274. The van der Waals surface area contributed by atoms with Crippen LogP contribution in [0, 0.1) is 0 Å². The molecule has 0 atom stereocenters. The molecule has 132 valence electrons.